The number of carbonyl (C=O) groups excluding carboxylic acids is 1. The molecule has 1 amide bonds. The molecule has 0 spiro atoms. The maximum atomic E-state index is 13.6. The van der Waals surface area contributed by atoms with E-state index >= 15 is 0 Å². The average molecular weight is 667 g/mol. The van der Waals surface area contributed by atoms with E-state index in [2.05, 4.69) is 89.1 Å². The quantitative estimate of drug-likeness (QED) is 0.0895. The minimum Gasteiger partial charge on any atom is -0.491 e. The van der Waals surface area contributed by atoms with Crippen LogP contribution in [0.1, 0.15) is 70.7 Å². The standard InChI is InChI=1S/C40H50N4O3S/c1-4-7-25-46-26-27-47-36-15-10-31(11-16-36)32-12-19-38-34(28-32)29-33(9-8-23-43(38)21-5-2)40(45)42-35-13-17-37(18-14-35)48-30-39-41-20-24-44(39)22-6-3/h10-20,24,28-29H,4-9,21-23,25-27,30H2,1-3H3,(H,42,45)/b33-29+. The molecule has 0 fully saturated rings. The number of nitrogens with one attached hydrogen (secondary N) is 1. The van der Waals surface area contributed by atoms with E-state index in [1.165, 1.54) is 5.69 Å². The number of benzene rings is 3. The largest absolute Gasteiger partial charge is 0.491 e. The highest BCUT2D eigenvalue weighted by molar-refractivity contribution is 7.98. The first kappa shape index (κ1) is 35.3. The van der Waals surface area contributed by atoms with Crippen molar-refractivity contribution < 1.29 is 14.3 Å². The molecule has 7 nitrogen and oxygen atoms in total. The maximum absolute atomic E-state index is 13.6. The van der Waals surface area contributed by atoms with Crippen LogP contribution >= 0.6 is 11.8 Å². The van der Waals surface area contributed by atoms with Gasteiger partial charge in [0, 0.05) is 60.5 Å². The Bertz CT molecular complexity index is 1610. The van der Waals surface area contributed by atoms with E-state index in [-0.39, 0.29) is 5.91 Å². The van der Waals surface area contributed by atoms with Gasteiger partial charge in [-0.05, 0) is 103 Å². The third kappa shape index (κ3) is 10.0. The van der Waals surface area contributed by atoms with Crippen molar-refractivity contribution in [1.82, 2.24) is 9.55 Å². The summed E-state index contributed by atoms with van der Waals surface area (Å²) in [6, 6.07) is 23.0. The van der Waals surface area contributed by atoms with Gasteiger partial charge in [-0.15, -0.1) is 11.8 Å². The van der Waals surface area contributed by atoms with Gasteiger partial charge in [-0.2, -0.15) is 0 Å². The van der Waals surface area contributed by atoms with Gasteiger partial charge in [0.2, 0.25) is 0 Å². The van der Waals surface area contributed by atoms with Crippen LogP contribution in [0, 0.1) is 0 Å². The SMILES string of the molecule is CCCCOCCOc1ccc(-c2ccc3c(c2)/C=C(/C(=O)Nc2ccc(SCc4nccn4CCC)cc2)CCCN3CCC)cc1. The van der Waals surface area contributed by atoms with Crippen LogP contribution in [-0.4, -0.2) is 48.4 Å². The van der Waals surface area contributed by atoms with Crippen molar-refractivity contribution in [3.63, 3.8) is 0 Å². The van der Waals surface area contributed by atoms with Gasteiger partial charge in [0.25, 0.3) is 5.91 Å². The number of carbonyl (C=O) groups is 1. The number of ether oxygens (including phenoxy) is 2. The first-order valence-electron chi connectivity index (χ1n) is 17.5. The Balaban J connectivity index is 1.27. The Morgan fingerprint density at radius 2 is 1.69 bits per heavy atom. The lowest BCUT2D eigenvalue weighted by atomic mass is 9.96. The second-order valence-electron chi connectivity index (χ2n) is 12.2. The Labute approximate surface area is 290 Å². The number of anilines is 2. The molecule has 0 bridgehead atoms. The lowest BCUT2D eigenvalue weighted by molar-refractivity contribution is -0.112. The van der Waals surface area contributed by atoms with Crippen molar-refractivity contribution in [3.05, 3.63) is 96.1 Å². The molecule has 0 saturated carbocycles. The monoisotopic (exact) mass is 666 g/mol. The Morgan fingerprint density at radius 3 is 2.46 bits per heavy atom. The number of aromatic nitrogens is 2. The van der Waals surface area contributed by atoms with Gasteiger partial charge >= 0.3 is 0 Å². The first-order valence-corrected chi connectivity index (χ1v) is 18.5. The van der Waals surface area contributed by atoms with Crippen LogP contribution in [0.2, 0.25) is 0 Å². The molecule has 5 rings (SSSR count). The van der Waals surface area contributed by atoms with E-state index < -0.39 is 0 Å². The molecule has 0 atom stereocenters. The molecule has 1 aliphatic rings. The number of nitrogens with zero attached hydrogens (tertiary/aromatic N) is 3. The summed E-state index contributed by atoms with van der Waals surface area (Å²) in [5, 5.41) is 3.16. The second-order valence-corrected chi connectivity index (χ2v) is 13.2. The van der Waals surface area contributed by atoms with E-state index in [0.717, 1.165) is 115 Å². The van der Waals surface area contributed by atoms with Crippen LogP contribution in [0.25, 0.3) is 17.2 Å². The third-order valence-corrected chi connectivity index (χ3v) is 9.44. The second kappa shape index (κ2) is 18.5. The summed E-state index contributed by atoms with van der Waals surface area (Å²) in [5.74, 6) is 2.69. The van der Waals surface area contributed by atoms with Crippen molar-refractivity contribution >= 4 is 35.1 Å². The van der Waals surface area contributed by atoms with Crippen LogP contribution in [0.3, 0.4) is 0 Å². The molecule has 8 heteroatoms. The summed E-state index contributed by atoms with van der Waals surface area (Å²) in [5.41, 5.74) is 6.08. The minimum atomic E-state index is -0.0440. The molecule has 48 heavy (non-hydrogen) atoms. The number of rotatable bonds is 17. The number of hydrogen-bond acceptors (Lipinski definition) is 6. The molecule has 2 heterocycles. The molecule has 0 aliphatic carbocycles. The van der Waals surface area contributed by atoms with Gasteiger partial charge in [0.1, 0.15) is 18.2 Å². The highest BCUT2D eigenvalue weighted by atomic mass is 32.2. The van der Waals surface area contributed by atoms with Crippen LogP contribution in [-0.2, 0) is 21.8 Å². The number of aryl methyl sites for hydroxylation is 1. The zero-order valence-corrected chi connectivity index (χ0v) is 29.6. The van der Waals surface area contributed by atoms with E-state index in [4.69, 9.17) is 9.47 Å². The molecule has 0 saturated heterocycles. The molecule has 1 aromatic heterocycles. The van der Waals surface area contributed by atoms with E-state index in [0.29, 0.717) is 13.2 Å². The fourth-order valence-electron chi connectivity index (χ4n) is 5.89. The zero-order valence-electron chi connectivity index (χ0n) is 28.7. The van der Waals surface area contributed by atoms with Crippen molar-refractivity contribution in [2.24, 2.45) is 0 Å². The predicted molar refractivity (Wildman–Crippen MR) is 200 cm³/mol. The van der Waals surface area contributed by atoms with Crippen molar-refractivity contribution in [2.45, 2.75) is 76.5 Å². The predicted octanol–water partition coefficient (Wildman–Crippen LogP) is 9.48. The summed E-state index contributed by atoms with van der Waals surface area (Å²) >= 11 is 1.76. The van der Waals surface area contributed by atoms with Gasteiger partial charge < -0.3 is 24.3 Å². The molecule has 3 aromatic carbocycles. The first-order chi connectivity index (χ1) is 23.6. The summed E-state index contributed by atoms with van der Waals surface area (Å²) in [4.78, 5) is 21.8. The molecule has 0 unspecified atom stereocenters. The Morgan fingerprint density at radius 1 is 0.896 bits per heavy atom. The lowest BCUT2D eigenvalue weighted by Crippen LogP contribution is -2.28. The van der Waals surface area contributed by atoms with E-state index in [9.17, 15) is 4.79 Å². The highest BCUT2D eigenvalue weighted by Crippen LogP contribution is 2.33. The number of hydrogen-bond donors (Lipinski definition) is 1. The number of unbranched alkanes of at least 4 members (excludes halogenated alkanes) is 1. The molecular formula is C40H50N4O3S. The average Bonchev–Trinajstić information content (AvgIpc) is 3.55. The number of imidazole rings is 1. The number of thioether (sulfide) groups is 1. The topological polar surface area (TPSA) is 68.6 Å². The fourth-order valence-corrected chi connectivity index (χ4v) is 6.75. The molecule has 4 aromatic rings. The van der Waals surface area contributed by atoms with Gasteiger partial charge in [0.05, 0.1) is 12.4 Å². The summed E-state index contributed by atoms with van der Waals surface area (Å²) in [6.45, 7) is 11.4. The third-order valence-electron chi connectivity index (χ3n) is 8.43. The Hall–Kier alpha value is -4.01. The Kier molecular flexibility index (Phi) is 13.6. The van der Waals surface area contributed by atoms with Gasteiger partial charge in [-0.25, -0.2) is 4.98 Å². The van der Waals surface area contributed by atoms with Gasteiger partial charge in [-0.1, -0.05) is 45.4 Å². The highest BCUT2D eigenvalue weighted by Gasteiger charge is 2.19. The van der Waals surface area contributed by atoms with E-state index in [1.54, 1.807) is 11.8 Å². The smallest absolute Gasteiger partial charge is 0.251 e. The van der Waals surface area contributed by atoms with Crippen LogP contribution < -0.4 is 15.0 Å². The van der Waals surface area contributed by atoms with Crippen molar-refractivity contribution in [2.75, 3.05) is 43.1 Å². The molecule has 0 radical (unpaired) electrons. The van der Waals surface area contributed by atoms with Crippen molar-refractivity contribution in [1.29, 1.82) is 0 Å². The number of amides is 1. The van der Waals surface area contributed by atoms with Gasteiger partial charge in [0.15, 0.2) is 0 Å². The summed E-state index contributed by atoms with van der Waals surface area (Å²) in [7, 11) is 0. The minimum absolute atomic E-state index is 0.0440. The molecule has 254 valence electrons. The van der Waals surface area contributed by atoms with Crippen LogP contribution in [0.4, 0.5) is 11.4 Å². The number of fused-ring (bicyclic) bond motifs is 1. The molecule has 1 aliphatic heterocycles. The fraction of sp³-hybridized carbons (Fsp3) is 0.400. The summed E-state index contributed by atoms with van der Waals surface area (Å²) in [6.07, 6.45) is 12.0. The molecular weight excluding hydrogens is 617 g/mol. The molecule has 1 N–H and O–H groups in total. The van der Waals surface area contributed by atoms with Crippen LogP contribution in [0.5, 0.6) is 5.75 Å². The lowest BCUT2D eigenvalue weighted by Gasteiger charge is -2.29. The zero-order chi connectivity index (χ0) is 33.6. The maximum Gasteiger partial charge on any atom is 0.251 e. The van der Waals surface area contributed by atoms with Crippen molar-refractivity contribution in [3.8, 4) is 16.9 Å². The normalized spacial score (nSPS) is 14.1. The summed E-state index contributed by atoms with van der Waals surface area (Å²) < 4.78 is 13.7. The van der Waals surface area contributed by atoms with Crippen LogP contribution in [0.15, 0.2) is 89.6 Å². The van der Waals surface area contributed by atoms with Gasteiger partial charge in [-0.3, -0.25) is 4.79 Å². The van der Waals surface area contributed by atoms with E-state index in [1.807, 2.05) is 36.7 Å².